The van der Waals surface area contributed by atoms with E-state index < -0.39 is 5.97 Å². The average molecular weight is 353 g/mol. The van der Waals surface area contributed by atoms with Crippen LogP contribution in [0.15, 0.2) is 16.8 Å². The Balaban J connectivity index is 1.92. The van der Waals surface area contributed by atoms with Crippen molar-refractivity contribution in [1.29, 1.82) is 0 Å². The number of ether oxygens (including phenoxy) is 1. The summed E-state index contributed by atoms with van der Waals surface area (Å²) in [4.78, 5) is 31.4. The fourth-order valence-electron chi connectivity index (χ4n) is 1.80. The highest BCUT2D eigenvalue weighted by Crippen LogP contribution is 2.19. The van der Waals surface area contributed by atoms with Crippen LogP contribution in [0.3, 0.4) is 0 Å². The van der Waals surface area contributed by atoms with Gasteiger partial charge in [-0.15, -0.1) is 0 Å². The second-order valence-electron chi connectivity index (χ2n) is 5.30. The van der Waals surface area contributed by atoms with Crippen molar-refractivity contribution in [1.82, 2.24) is 15.1 Å². The van der Waals surface area contributed by atoms with Crippen LogP contribution in [-0.2, 0) is 16.0 Å². The second-order valence-corrected chi connectivity index (χ2v) is 5.70. The molecule has 0 spiro atoms. The predicted octanol–water partition coefficient (Wildman–Crippen LogP) is 2.60. The van der Waals surface area contributed by atoms with Gasteiger partial charge < -0.3 is 14.6 Å². The molecule has 0 aliphatic carbocycles. The van der Waals surface area contributed by atoms with Crippen LogP contribution in [0.25, 0.3) is 0 Å². The normalized spacial score (nSPS) is 10.7. The van der Waals surface area contributed by atoms with Crippen molar-refractivity contribution in [3.05, 3.63) is 34.7 Å². The molecule has 8 nitrogen and oxygen atoms in total. The summed E-state index contributed by atoms with van der Waals surface area (Å²) in [5, 5.41) is 6.57. The molecule has 24 heavy (non-hydrogen) atoms. The Labute approximate surface area is 143 Å². The third kappa shape index (κ3) is 4.51. The number of halogens is 1. The molecule has 128 valence electrons. The zero-order valence-electron chi connectivity index (χ0n) is 13.5. The number of hydrogen-bond acceptors (Lipinski definition) is 7. The number of nitrogens with one attached hydrogen (secondary N) is 1. The van der Waals surface area contributed by atoms with Gasteiger partial charge >= 0.3 is 5.97 Å². The molecular weight excluding hydrogens is 336 g/mol. The van der Waals surface area contributed by atoms with Crippen LogP contribution in [0.2, 0.25) is 5.02 Å². The molecule has 2 aromatic heterocycles. The summed E-state index contributed by atoms with van der Waals surface area (Å²) in [5.74, 6) is 0.280. The van der Waals surface area contributed by atoms with Gasteiger partial charge in [0.25, 0.3) is 0 Å². The summed E-state index contributed by atoms with van der Waals surface area (Å²) in [6.07, 6.45) is 1.82. The molecule has 0 saturated carbocycles. The molecule has 0 radical (unpaired) electrons. The average Bonchev–Trinajstić information content (AvgIpc) is 3.01. The molecular formula is C15H17ClN4O4. The number of amides is 1. The van der Waals surface area contributed by atoms with Crippen LogP contribution in [0.5, 0.6) is 0 Å². The zero-order chi connectivity index (χ0) is 17.7. The van der Waals surface area contributed by atoms with Crippen molar-refractivity contribution in [3.8, 4) is 0 Å². The van der Waals surface area contributed by atoms with E-state index in [-0.39, 0.29) is 29.0 Å². The number of aryl methyl sites for hydroxylation is 1. The van der Waals surface area contributed by atoms with Gasteiger partial charge in [-0.2, -0.15) is 4.98 Å². The summed E-state index contributed by atoms with van der Waals surface area (Å²) in [7, 11) is 1.23. The number of anilines is 1. The highest BCUT2D eigenvalue weighted by atomic mass is 35.5. The molecule has 0 aromatic carbocycles. The maximum Gasteiger partial charge on any atom is 0.358 e. The Morgan fingerprint density at radius 2 is 2.17 bits per heavy atom. The van der Waals surface area contributed by atoms with E-state index in [4.69, 9.17) is 16.1 Å². The minimum absolute atomic E-state index is 0.00996. The van der Waals surface area contributed by atoms with Crippen molar-refractivity contribution in [3.63, 3.8) is 0 Å². The number of pyridine rings is 1. The monoisotopic (exact) mass is 352 g/mol. The molecule has 2 heterocycles. The van der Waals surface area contributed by atoms with E-state index in [0.29, 0.717) is 23.8 Å². The fraction of sp³-hybridized carbons (Fsp3) is 0.400. The first-order valence-corrected chi connectivity index (χ1v) is 7.64. The Morgan fingerprint density at radius 3 is 2.75 bits per heavy atom. The Bertz CT molecular complexity index is 745. The van der Waals surface area contributed by atoms with Gasteiger partial charge in [-0.1, -0.05) is 30.6 Å². The van der Waals surface area contributed by atoms with E-state index in [1.54, 1.807) is 0 Å². The van der Waals surface area contributed by atoms with Crippen LogP contribution in [0.1, 0.15) is 48.4 Å². The molecule has 2 rings (SSSR count). The highest BCUT2D eigenvalue weighted by Gasteiger charge is 2.15. The molecule has 0 aliphatic rings. The van der Waals surface area contributed by atoms with Crippen molar-refractivity contribution in [2.75, 3.05) is 12.4 Å². The summed E-state index contributed by atoms with van der Waals surface area (Å²) in [6.45, 7) is 3.91. The van der Waals surface area contributed by atoms with Crippen molar-refractivity contribution in [2.24, 2.45) is 0 Å². The summed E-state index contributed by atoms with van der Waals surface area (Å²) in [6, 6.07) is 1.43. The third-order valence-corrected chi connectivity index (χ3v) is 3.36. The van der Waals surface area contributed by atoms with Gasteiger partial charge in [-0.05, 0) is 6.07 Å². The quantitative estimate of drug-likeness (QED) is 0.796. The third-order valence-electron chi connectivity index (χ3n) is 3.07. The standard InChI is InChI=1S/C15H17ClN4O4/c1-8(2)14-19-12(24-20-14)5-4-11(21)18-9-6-10(16)13(17-7-9)15(22)23-3/h6-8H,4-5H2,1-3H3,(H,18,21). The van der Waals surface area contributed by atoms with Gasteiger partial charge in [0.15, 0.2) is 11.5 Å². The number of esters is 1. The largest absolute Gasteiger partial charge is 0.464 e. The van der Waals surface area contributed by atoms with Gasteiger partial charge in [0.2, 0.25) is 11.8 Å². The minimum Gasteiger partial charge on any atom is -0.464 e. The van der Waals surface area contributed by atoms with Crippen LogP contribution in [-0.4, -0.2) is 34.1 Å². The van der Waals surface area contributed by atoms with Gasteiger partial charge in [-0.25, -0.2) is 9.78 Å². The van der Waals surface area contributed by atoms with Crippen molar-refractivity contribution < 1.29 is 18.8 Å². The number of carbonyl (C=O) groups is 2. The van der Waals surface area contributed by atoms with Crippen molar-refractivity contribution in [2.45, 2.75) is 32.6 Å². The Morgan fingerprint density at radius 1 is 1.42 bits per heavy atom. The summed E-state index contributed by atoms with van der Waals surface area (Å²) in [5.41, 5.74) is 0.371. The van der Waals surface area contributed by atoms with Crippen molar-refractivity contribution >= 4 is 29.2 Å². The van der Waals surface area contributed by atoms with E-state index in [1.807, 2.05) is 13.8 Å². The Hall–Kier alpha value is -2.48. The van der Waals surface area contributed by atoms with Crippen LogP contribution >= 0.6 is 11.6 Å². The first-order chi connectivity index (χ1) is 11.4. The van der Waals surface area contributed by atoms with E-state index in [2.05, 4.69) is 25.2 Å². The summed E-state index contributed by atoms with van der Waals surface area (Å²) >= 11 is 5.94. The number of methoxy groups -OCH3 is 1. The number of aromatic nitrogens is 3. The molecule has 0 saturated heterocycles. The molecule has 0 atom stereocenters. The lowest BCUT2D eigenvalue weighted by molar-refractivity contribution is -0.116. The minimum atomic E-state index is -0.643. The Kier molecular flexibility index (Phi) is 5.86. The van der Waals surface area contributed by atoms with Crippen LogP contribution < -0.4 is 5.32 Å². The molecule has 0 aliphatic heterocycles. The van der Waals surface area contributed by atoms with E-state index in [0.717, 1.165) is 0 Å². The lowest BCUT2D eigenvalue weighted by Crippen LogP contribution is -2.13. The first kappa shape index (κ1) is 17.9. The maximum absolute atomic E-state index is 11.9. The molecule has 1 N–H and O–H groups in total. The van der Waals surface area contributed by atoms with Gasteiger partial charge in [0, 0.05) is 18.8 Å². The molecule has 2 aromatic rings. The maximum atomic E-state index is 11.9. The van der Waals surface area contributed by atoms with E-state index in [9.17, 15) is 9.59 Å². The molecule has 0 unspecified atom stereocenters. The molecule has 0 fully saturated rings. The topological polar surface area (TPSA) is 107 Å². The van der Waals surface area contributed by atoms with E-state index in [1.165, 1.54) is 19.4 Å². The number of carbonyl (C=O) groups excluding carboxylic acids is 2. The fourth-order valence-corrected chi connectivity index (χ4v) is 2.04. The smallest absolute Gasteiger partial charge is 0.358 e. The number of hydrogen-bond donors (Lipinski definition) is 1. The van der Waals surface area contributed by atoms with Gasteiger partial charge in [0.05, 0.1) is 24.0 Å². The molecule has 1 amide bonds. The second kappa shape index (κ2) is 7.87. The zero-order valence-corrected chi connectivity index (χ0v) is 14.3. The number of rotatable bonds is 6. The van der Waals surface area contributed by atoms with Crippen LogP contribution in [0.4, 0.5) is 5.69 Å². The molecule has 9 heteroatoms. The predicted molar refractivity (Wildman–Crippen MR) is 85.9 cm³/mol. The molecule has 0 bridgehead atoms. The first-order valence-electron chi connectivity index (χ1n) is 7.27. The van der Waals surface area contributed by atoms with Crippen LogP contribution in [0, 0.1) is 0 Å². The number of nitrogens with zero attached hydrogens (tertiary/aromatic N) is 3. The lowest BCUT2D eigenvalue weighted by Gasteiger charge is -2.06. The summed E-state index contributed by atoms with van der Waals surface area (Å²) < 4.78 is 9.62. The highest BCUT2D eigenvalue weighted by molar-refractivity contribution is 6.33. The SMILES string of the molecule is COC(=O)c1ncc(NC(=O)CCc2nc(C(C)C)no2)cc1Cl. The van der Waals surface area contributed by atoms with Gasteiger partial charge in [0.1, 0.15) is 0 Å². The lowest BCUT2D eigenvalue weighted by atomic mass is 10.2. The van der Waals surface area contributed by atoms with Gasteiger partial charge in [-0.3, -0.25) is 4.79 Å². The van der Waals surface area contributed by atoms with E-state index >= 15 is 0 Å².